The van der Waals surface area contributed by atoms with Gasteiger partial charge in [-0.2, -0.15) is 0 Å². The number of thiophene rings is 1. The van der Waals surface area contributed by atoms with E-state index >= 15 is 0 Å². The molecular formula is C16H19ClN2O2S. The lowest BCUT2D eigenvalue weighted by Gasteiger charge is -2.12. The molecule has 1 amide bonds. The van der Waals surface area contributed by atoms with Crippen molar-refractivity contribution < 1.29 is 9.90 Å². The number of aliphatic hydroxyl groups excluding tert-OH is 1. The van der Waals surface area contributed by atoms with Crippen molar-refractivity contribution >= 4 is 28.8 Å². The summed E-state index contributed by atoms with van der Waals surface area (Å²) in [5, 5.41) is 12.7. The van der Waals surface area contributed by atoms with Gasteiger partial charge in [0.15, 0.2) is 0 Å². The van der Waals surface area contributed by atoms with Gasteiger partial charge in [0.05, 0.1) is 4.34 Å². The summed E-state index contributed by atoms with van der Waals surface area (Å²) in [6.45, 7) is 0.995. The molecule has 6 heteroatoms. The second-order valence-electron chi connectivity index (χ2n) is 5.30. The zero-order chi connectivity index (χ0) is 16.1. The number of hydrogen-bond acceptors (Lipinski definition) is 4. The van der Waals surface area contributed by atoms with Crippen LogP contribution >= 0.6 is 22.9 Å². The maximum absolute atomic E-state index is 12.1. The summed E-state index contributed by atoms with van der Waals surface area (Å²) >= 11 is 7.14. The highest BCUT2D eigenvalue weighted by atomic mass is 35.5. The van der Waals surface area contributed by atoms with Crippen molar-refractivity contribution in [3.8, 4) is 0 Å². The van der Waals surface area contributed by atoms with E-state index in [9.17, 15) is 9.90 Å². The van der Waals surface area contributed by atoms with Crippen LogP contribution in [-0.4, -0.2) is 36.6 Å². The molecule has 0 aliphatic carbocycles. The lowest BCUT2D eigenvalue weighted by Crippen LogP contribution is -2.28. The number of halogens is 1. The van der Waals surface area contributed by atoms with Gasteiger partial charge in [-0.25, -0.2) is 0 Å². The van der Waals surface area contributed by atoms with Gasteiger partial charge in [-0.05, 0) is 43.9 Å². The molecule has 0 fully saturated rings. The molecule has 0 radical (unpaired) electrons. The van der Waals surface area contributed by atoms with Gasteiger partial charge in [0.25, 0.3) is 5.91 Å². The fourth-order valence-electron chi connectivity index (χ4n) is 2.03. The van der Waals surface area contributed by atoms with Crippen LogP contribution in [-0.2, 0) is 6.54 Å². The second-order valence-corrected chi connectivity index (χ2v) is 7.05. The van der Waals surface area contributed by atoms with Crippen LogP contribution in [0.1, 0.15) is 26.9 Å². The molecular weight excluding hydrogens is 320 g/mol. The SMILES string of the molecule is CN(C)Cc1ccc(C(=O)NC[C@@H](O)c2ccc(Cl)s2)cc1. The third kappa shape index (κ3) is 4.81. The van der Waals surface area contributed by atoms with Gasteiger partial charge in [-0.15, -0.1) is 11.3 Å². The third-order valence-electron chi connectivity index (χ3n) is 3.09. The standard InChI is InChI=1S/C16H19ClN2O2S/c1-19(2)10-11-3-5-12(6-4-11)16(21)18-9-13(20)14-7-8-15(17)22-14/h3-8,13,20H,9-10H2,1-2H3,(H,18,21)/t13-/m1/s1. The molecule has 0 aliphatic rings. The lowest BCUT2D eigenvalue weighted by atomic mass is 10.1. The van der Waals surface area contributed by atoms with Gasteiger partial charge in [0.1, 0.15) is 6.10 Å². The normalized spacial score (nSPS) is 12.4. The summed E-state index contributed by atoms with van der Waals surface area (Å²) < 4.78 is 0.622. The molecule has 0 aliphatic heterocycles. The van der Waals surface area contributed by atoms with Gasteiger partial charge < -0.3 is 15.3 Å². The Labute approximate surface area is 139 Å². The second kappa shape index (κ2) is 7.74. The molecule has 1 aromatic carbocycles. The largest absolute Gasteiger partial charge is 0.386 e. The highest BCUT2D eigenvalue weighted by molar-refractivity contribution is 7.16. The Hall–Kier alpha value is -1.40. The minimum Gasteiger partial charge on any atom is -0.386 e. The summed E-state index contributed by atoms with van der Waals surface area (Å²) in [5.74, 6) is -0.196. The molecule has 0 saturated carbocycles. The number of amides is 1. The molecule has 0 bridgehead atoms. The molecule has 118 valence electrons. The number of benzene rings is 1. The average molecular weight is 339 g/mol. The first-order valence-electron chi connectivity index (χ1n) is 6.91. The first-order chi connectivity index (χ1) is 10.5. The maximum Gasteiger partial charge on any atom is 0.251 e. The Kier molecular flexibility index (Phi) is 5.97. The predicted molar refractivity (Wildman–Crippen MR) is 90.5 cm³/mol. The molecule has 22 heavy (non-hydrogen) atoms. The number of rotatable bonds is 6. The van der Waals surface area contributed by atoms with E-state index < -0.39 is 6.10 Å². The van der Waals surface area contributed by atoms with E-state index in [0.717, 1.165) is 17.0 Å². The van der Waals surface area contributed by atoms with Gasteiger partial charge in [0.2, 0.25) is 0 Å². The van der Waals surface area contributed by atoms with Gasteiger partial charge in [0, 0.05) is 23.5 Å². The van der Waals surface area contributed by atoms with Crippen LogP contribution in [0, 0.1) is 0 Å². The quantitative estimate of drug-likeness (QED) is 0.851. The fraction of sp³-hybridized carbons (Fsp3) is 0.312. The molecule has 0 saturated heterocycles. The van der Waals surface area contributed by atoms with Crippen LogP contribution in [0.4, 0.5) is 0 Å². The first-order valence-corrected chi connectivity index (χ1v) is 8.10. The van der Waals surface area contributed by atoms with Crippen molar-refractivity contribution in [2.24, 2.45) is 0 Å². The van der Waals surface area contributed by atoms with E-state index in [4.69, 9.17) is 11.6 Å². The zero-order valence-corrected chi connectivity index (χ0v) is 14.1. The van der Waals surface area contributed by atoms with E-state index in [2.05, 4.69) is 10.2 Å². The van der Waals surface area contributed by atoms with Crippen LogP contribution < -0.4 is 5.32 Å². The van der Waals surface area contributed by atoms with E-state index in [1.165, 1.54) is 11.3 Å². The molecule has 0 spiro atoms. The van der Waals surface area contributed by atoms with E-state index in [0.29, 0.717) is 9.90 Å². The first kappa shape index (κ1) is 17.0. The van der Waals surface area contributed by atoms with Crippen LogP contribution in [0.5, 0.6) is 0 Å². The van der Waals surface area contributed by atoms with Crippen LogP contribution in [0.15, 0.2) is 36.4 Å². The Morgan fingerprint density at radius 3 is 2.50 bits per heavy atom. The van der Waals surface area contributed by atoms with Gasteiger partial charge in [-0.3, -0.25) is 4.79 Å². The van der Waals surface area contributed by atoms with Crippen molar-refractivity contribution in [1.29, 1.82) is 0 Å². The lowest BCUT2D eigenvalue weighted by molar-refractivity contribution is 0.0918. The highest BCUT2D eigenvalue weighted by Crippen LogP contribution is 2.26. The Morgan fingerprint density at radius 2 is 1.95 bits per heavy atom. The molecule has 2 aromatic rings. The molecule has 0 unspecified atom stereocenters. The van der Waals surface area contributed by atoms with E-state index in [1.807, 2.05) is 26.2 Å². The number of nitrogens with one attached hydrogen (secondary N) is 1. The van der Waals surface area contributed by atoms with Crippen molar-refractivity contribution in [2.45, 2.75) is 12.6 Å². The topological polar surface area (TPSA) is 52.6 Å². The number of carbonyl (C=O) groups excluding carboxylic acids is 1. The molecule has 2 N–H and O–H groups in total. The summed E-state index contributed by atoms with van der Waals surface area (Å²) in [6.07, 6.45) is -0.741. The molecule has 4 nitrogen and oxygen atoms in total. The number of hydrogen-bond donors (Lipinski definition) is 2. The molecule has 1 atom stereocenters. The summed E-state index contributed by atoms with van der Waals surface area (Å²) in [5.41, 5.74) is 1.73. The summed E-state index contributed by atoms with van der Waals surface area (Å²) in [4.78, 5) is 14.9. The Morgan fingerprint density at radius 1 is 1.27 bits per heavy atom. The van der Waals surface area contributed by atoms with Crippen molar-refractivity contribution in [2.75, 3.05) is 20.6 Å². The van der Waals surface area contributed by atoms with E-state index in [-0.39, 0.29) is 12.5 Å². The van der Waals surface area contributed by atoms with E-state index in [1.54, 1.807) is 24.3 Å². The smallest absolute Gasteiger partial charge is 0.251 e. The van der Waals surface area contributed by atoms with Crippen LogP contribution in [0.25, 0.3) is 0 Å². The third-order valence-corrected chi connectivity index (χ3v) is 4.43. The van der Waals surface area contributed by atoms with Crippen LogP contribution in [0.2, 0.25) is 4.34 Å². The minimum atomic E-state index is -0.741. The Balaban J connectivity index is 1.89. The number of nitrogens with zero attached hydrogens (tertiary/aromatic N) is 1. The predicted octanol–water partition coefficient (Wildman–Crippen LogP) is 2.93. The number of aliphatic hydroxyl groups is 1. The molecule has 1 aromatic heterocycles. The van der Waals surface area contributed by atoms with Crippen LogP contribution in [0.3, 0.4) is 0 Å². The Bertz CT molecular complexity index is 625. The zero-order valence-electron chi connectivity index (χ0n) is 12.5. The number of carbonyl (C=O) groups is 1. The molecule has 2 rings (SSSR count). The fourth-order valence-corrected chi connectivity index (χ4v) is 3.07. The van der Waals surface area contributed by atoms with Crippen molar-refractivity contribution in [3.05, 3.63) is 56.7 Å². The van der Waals surface area contributed by atoms with Gasteiger partial charge >= 0.3 is 0 Å². The highest BCUT2D eigenvalue weighted by Gasteiger charge is 2.12. The van der Waals surface area contributed by atoms with Crippen molar-refractivity contribution in [1.82, 2.24) is 10.2 Å². The van der Waals surface area contributed by atoms with Gasteiger partial charge in [-0.1, -0.05) is 23.7 Å². The average Bonchev–Trinajstić information content (AvgIpc) is 2.91. The molecule has 1 heterocycles. The summed E-state index contributed by atoms with van der Waals surface area (Å²) in [6, 6.07) is 11.0. The van der Waals surface area contributed by atoms with Crippen molar-refractivity contribution in [3.63, 3.8) is 0 Å². The summed E-state index contributed by atoms with van der Waals surface area (Å²) in [7, 11) is 4.00. The monoisotopic (exact) mass is 338 g/mol. The minimum absolute atomic E-state index is 0.162. The maximum atomic E-state index is 12.1.